The van der Waals surface area contributed by atoms with Crippen LogP contribution in [0.1, 0.15) is 78.1 Å². The number of nitrogens with zero attached hydrogens (tertiary/aromatic N) is 8. The van der Waals surface area contributed by atoms with Crippen molar-refractivity contribution < 1.29 is 38.9 Å². The Hall–Kier alpha value is -7.62. The highest BCUT2D eigenvalue weighted by molar-refractivity contribution is 6.10. The molecule has 4 heterocycles. The lowest BCUT2D eigenvalue weighted by Crippen LogP contribution is -2.40. The van der Waals surface area contributed by atoms with Crippen LogP contribution in [0.3, 0.4) is 0 Å². The van der Waals surface area contributed by atoms with Crippen LogP contribution in [-0.2, 0) is 25.7 Å². The Balaban J connectivity index is 1.05. The molecule has 0 aliphatic carbocycles. The zero-order valence-electron chi connectivity index (χ0n) is 33.2. The van der Waals surface area contributed by atoms with Gasteiger partial charge in [0.05, 0.1) is 48.9 Å². The molecule has 0 bridgehead atoms. The minimum Gasteiger partial charge on any atom is -0.543 e. The van der Waals surface area contributed by atoms with Crippen LogP contribution in [0, 0.1) is 0 Å². The molecule has 304 valence electrons. The molecule has 0 fully saturated rings. The van der Waals surface area contributed by atoms with E-state index in [-0.39, 0.29) is 54.6 Å². The van der Waals surface area contributed by atoms with Gasteiger partial charge >= 0.3 is 0 Å². The molecule has 0 atom stereocenters. The van der Waals surface area contributed by atoms with Crippen molar-refractivity contribution in [3.63, 3.8) is 0 Å². The van der Waals surface area contributed by atoms with E-state index in [1.165, 1.54) is 16.5 Å². The average Bonchev–Trinajstić information content (AvgIpc) is 3.87. The van der Waals surface area contributed by atoms with Crippen molar-refractivity contribution in [3.8, 4) is 22.9 Å². The minimum atomic E-state index is -1.46. The predicted octanol–water partition coefficient (Wildman–Crippen LogP) is 4.75. The zero-order chi connectivity index (χ0) is 42.2. The van der Waals surface area contributed by atoms with Gasteiger partial charge in [0.25, 0.3) is 11.8 Å². The van der Waals surface area contributed by atoms with Crippen molar-refractivity contribution in [2.75, 3.05) is 37.1 Å². The van der Waals surface area contributed by atoms with Gasteiger partial charge in [-0.05, 0) is 122 Å². The lowest BCUT2D eigenvalue weighted by molar-refractivity contribution is -0.256. The Labute approximate surface area is 343 Å². The summed E-state index contributed by atoms with van der Waals surface area (Å²) in [5.41, 5.74) is 5.70. The molecule has 0 saturated heterocycles. The summed E-state index contributed by atoms with van der Waals surface area (Å²) in [4.78, 5) is 55.6. The van der Waals surface area contributed by atoms with Gasteiger partial charge in [0.15, 0.2) is 0 Å². The highest BCUT2D eigenvalue weighted by atomic mass is 16.5. The third-order valence-electron chi connectivity index (χ3n) is 10.9. The number of amides is 2. The number of aromatic nitrogens is 4. The van der Waals surface area contributed by atoms with Gasteiger partial charge in [-0.2, -0.15) is 20.4 Å². The van der Waals surface area contributed by atoms with E-state index in [1.54, 1.807) is 89.7 Å². The number of aromatic carboxylic acids is 2. The van der Waals surface area contributed by atoms with Crippen LogP contribution in [0.15, 0.2) is 95.2 Å². The molecule has 16 heteroatoms. The maximum absolute atomic E-state index is 14.3. The SMILES string of the molecule is CCc1c(N=Nc2ccc(N3CCc4c(C(=O)[O-])nn(-c5ccc(OC)cc5)c4C3=O)cc2)ccc(N2CCc3c(C(=O)[O-])nn(-c4ccc(OC)cc4)c3C2=O)c1CC. The minimum absolute atomic E-state index is 0.147. The number of hydrogen-bond acceptors (Lipinski definition) is 12. The highest BCUT2D eigenvalue weighted by Gasteiger charge is 2.36. The maximum Gasteiger partial charge on any atom is 0.277 e. The number of carboxylic acid groups (broad SMARTS) is 2. The largest absolute Gasteiger partial charge is 0.543 e. The quantitative estimate of drug-likeness (QED) is 0.156. The number of carbonyl (C=O) groups is 4. The number of benzene rings is 4. The summed E-state index contributed by atoms with van der Waals surface area (Å²) in [6.45, 7) is 4.48. The Kier molecular flexibility index (Phi) is 10.4. The van der Waals surface area contributed by atoms with Crippen LogP contribution < -0.4 is 29.5 Å². The van der Waals surface area contributed by atoms with E-state index >= 15 is 0 Å². The Morgan fingerprint density at radius 1 is 0.617 bits per heavy atom. The van der Waals surface area contributed by atoms with Gasteiger partial charge in [-0.1, -0.05) is 13.8 Å². The molecule has 0 saturated carbocycles. The summed E-state index contributed by atoms with van der Waals surface area (Å²) in [5.74, 6) is -2.50. The van der Waals surface area contributed by atoms with Gasteiger partial charge in [-0.25, -0.2) is 9.36 Å². The first-order valence-corrected chi connectivity index (χ1v) is 19.3. The molecule has 0 N–H and O–H groups in total. The standard InChI is InChI=1S/C44H40N8O8/c1-5-31-32(6-2)36(50-24-22-34-38(44(57)58)48-52(40(34)42(50)54)28-13-17-30(60-4)18-14-28)20-19-35(31)46-45-25-7-9-26(10-8-25)49-23-21-33-37(43(55)56)47-51(39(33)41(49)53)27-11-15-29(59-3)16-12-27/h7-20H,5-6,21-24H2,1-4H3,(H,55,56)(H,57,58)/p-2. The normalized spacial score (nSPS) is 13.7. The number of carbonyl (C=O) groups excluding carboxylic acids is 4. The van der Waals surface area contributed by atoms with Crippen LogP contribution in [-0.4, -0.2) is 70.6 Å². The molecule has 2 aliphatic heterocycles. The van der Waals surface area contributed by atoms with Crippen molar-refractivity contribution in [1.82, 2.24) is 19.6 Å². The van der Waals surface area contributed by atoms with Crippen LogP contribution in [0.25, 0.3) is 11.4 Å². The summed E-state index contributed by atoms with van der Waals surface area (Å²) >= 11 is 0. The van der Waals surface area contributed by atoms with Gasteiger partial charge < -0.3 is 39.1 Å². The number of rotatable bonds is 12. The first-order chi connectivity index (χ1) is 29.1. The molecule has 8 rings (SSSR count). The molecule has 0 spiro atoms. The third kappa shape index (κ3) is 6.80. The van der Waals surface area contributed by atoms with Crippen LogP contribution in [0.4, 0.5) is 22.7 Å². The third-order valence-corrected chi connectivity index (χ3v) is 10.9. The first kappa shape index (κ1) is 39.2. The average molecular weight is 807 g/mol. The van der Waals surface area contributed by atoms with Crippen molar-refractivity contribution in [1.29, 1.82) is 0 Å². The summed E-state index contributed by atoms with van der Waals surface area (Å²) in [6, 6.07) is 24.3. The summed E-state index contributed by atoms with van der Waals surface area (Å²) in [6.07, 6.45) is 1.71. The summed E-state index contributed by atoms with van der Waals surface area (Å²) < 4.78 is 13.2. The zero-order valence-corrected chi connectivity index (χ0v) is 33.2. The van der Waals surface area contributed by atoms with Crippen molar-refractivity contribution in [2.45, 2.75) is 39.5 Å². The lowest BCUT2D eigenvalue weighted by atomic mass is 9.96. The second-order valence-corrected chi connectivity index (χ2v) is 14.0. The molecule has 16 nitrogen and oxygen atoms in total. The van der Waals surface area contributed by atoms with Gasteiger partial charge in [0.2, 0.25) is 0 Å². The van der Waals surface area contributed by atoms with Gasteiger partial charge in [0, 0.05) is 35.6 Å². The molecule has 6 aromatic rings. The molecule has 0 radical (unpaired) electrons. The Morgan fingerprint density at radius 3 is 1.55 bits per heavy atom. The van der Waals surface area contributed by atoms with Crippen LogP contribution in [0.2, 0.25) is 0 Å². The summed E-state index contributed by atoms with van der Waals surface area (Å²) in [5, 5.41) is 41.8. The van der Waals surface area contributed by atoms with Crippen molar-refractivity contribution in [3.05, 3.63) is 130 Å². The highest BCUT2D eigenvalue weighted by Crippen LogP contribution is 2.37. The Bertz CT molecular complexity index is 2700. The second kappa shape index (κ2) is 16.0. The number of hydrogen-bond donors (Lipinski definition) is 0. The van der Waals surface area contributed by atoms with Gasteiger partial charge in [-0.15, -0.1) is 0 Å². The molecule has 2 amide bonds. The lowest BCUT2D eigenvalue weighted by Gasteiger charge is -2.30. The first-order valence-electron chi connectivity index (χ1n) is 19.3. The summed E-state index contributed by atoms with van der Waals surface area (Å²) in [7, 11) is 3.08. The number of methoxy groups -OCH3 is 2. The molecular formula is C44H38N8O8-2. The topological polar surface area (TPSA) is 200 Å². The molecule has 4 aromatic carbocycles. The fourth-order valence-corrected chi connectivity index (χ4v) is 7.96. The number of ether oxygens (including phenoxy) is 2. The fraction of sp³-hybridized carbons (Fsp3) is 0.227. The predicted molar refractivity (Wildman–Crippen MR) is 215 cm³/mol. The van der Waals surface area contributed by atoms with E-state index in [9.17, 15) is 29.4 Å². The molecule has 60 heavy (non-hydrogen) atoms. The molecule has 2 aliphatic rings. The number of anilines is 2. The van der Waals surface area contributed by atoms with E-state index in [1.807, 2.05) is 26.0 Å². The van der Waals surface area contributed by atoms with E-state index in [2.05, 4.69) is 20.4 Å². The second-order valence-electron chi connectivity index (χ2n) is 14.0. The van der Waals surface area contributed by atoms with Gasteiger partial charge in [-0.3, -0.25) is 9.59 Å². The van der Waals surface area contributed by atoms with Crippen molar-refractivity contribution in [2.24, 2.45) is 10.2 Å². The number of fused-ring (bicyclic) bond motifs is 2. The van der Waals surface area contributed by atoms with Crippen molar-refractivity contribution >= 4 is 46.5 Å². The van der Waals surface area contributed by atoms with E-state index in [0.717, 1.165) is 11.1 Å². The monoisotopic (exact) mass is 806 g/mol. The number of azo groups is 1. The Morgan fingerprint density at radius 2 is 1.08 bits per heavy atom. The van der Waals surface area contributed by atoms with Gasteiger partial charge in [0.1, 0.15) is 34.3 Å². The fourth-order valence-electron chi connectivity index (χ4n) is 7.96. The molecular weight excluding hydrogens is 769 g/mol. The smallest absolute Gasteiger partial charge is 0.277 e. The van der Waals surface area contributed by atoms with Crippen LogP contribution >= 0.6 is 0 Å². The van der Waals surface area contributed by atoms with E-state index in [4.69, 9.17) is 9.47 Å². The van der Waals surface area contributed by atoms with E-state index in [0.29, 0.717) is 69.6 Å². The molecule has 2 aromatic heterocycles. The van der Waals surface area contributed by atoms with E-state index < -0.39 is 17.8 Å². The number of carboxylic acids is 2. The van der Waals surface area contributed by atoms with Crippen LogP contribution in [0.5, 0.6) is 11.5 Å². The molecule has 0 unspecified atom stereocenters. The maximum atomic E-state index is 14.3.